The van der Waals surface area contributed by atoms with Crippen LogP contribution < -0.4 is 0 Å². The molecule has 0 atom stereocenters. The Morgan fingerprint density at radius 1 is 0.867 bits per heavy atom. The van der Waals surface area contributed by atoms with Crippen molar-refractivity contribution in [3.05, 3.63) is 12.2 Å². The molecule has 0 heterocycles. The zero-order valence-corrected chi connectivity index (χ0v) is 10.1. The molecule has 0 aliphatic heterocycles. The second kappa shape index (κ2) is 13.4. The molecule has 0 saturated heterocycles. The molecular weight excluding hydrogens is 184 g/mol. The molecule has 0 N–H and O–H groups in total. The molecule has 0 amide bonds. The van der Waals surface area contributed by atoms with Gasteiger partial charge in [0.1, 0.15) is 0 Å². The monoisotopic (exact) mass is 209 g/mol. The lowest BCUT2D eigenvalue weighted by Crippen LogP contribution is -1.80. The third-order valence-corrected chi connectivity index (χ3v) is 2.54. The average molecular weight is 209 g/mol. The van der Waals surface area contributed by atoms with Crippen molar-refractivity contribution < 1.29 is 4.79 Å². The zero-order valence-electron chi connectivity index (χ0n) is 10.1. The van der Waals surface area contributed by atoms with Crippen molar-refractivity contribution in [3.8, 4) is 0 Å². The molecule has 0 aromatic carbocycles. The van der Waals surface area contributed by atoms with E-state index in [0.717, 1.165) is 6.42 Å². The van der Waals surface area contributed by atoms with Gasteiger partial charge >= 0.3 is 0 Å². The molecule has 0 aliphatic carbocycles. The van der Waals surface area contributed by atoms with E-state index in [-0.39, 0.29) is 0 Å². The molecule has 87 valence electrons. The lowest BCUT2D eigenvalue weighted by molar-refractivity contribution is 0.542. The molecule has 0 fully saturated rings. The average Bonchev–Trinajstić information content (AvgIpc) is 2.26. The maximum atomic E-state index is 9.93. The first-order valence-corrected chi connectivity index (χ1v) is 6.41. The molecular formula is C14H25O. The standard InChI is InChI=1S/C14H25O/c1-2-3-4-5-6-7-8-9-10-11-12-13-14-15/h5-6H,2-4,7-13H2,1H3. The number of hydrogen-bond acceptors (Lipinski definition) is 1. The van der Waals surface area contributed by atoms with Gasteiger partial charge in [0.05, 0.1) is 0 Å². The van der Waals surface area contributed by atoms with E-state index in [1.165, 1.54) is 51.4 Å². The predicted molar refractivity (Wildman–Crippen MR) is 66.7 cm³/mol. The largest absolute Gasteiger partial charge is 0.291 e. The number of allylic oxidation sites excluding steroid dienone is 2. The quantitative estimate of drug-likeness (QED) is 0.360. The second-order valence-electron chi connectivity index (χ2n) is 4.06. The Hall–Kier alpha value is -0.590. The smallest absolute Gasteiger partial charge is 0.198 e. The van der Waals surface area contributed by atoms with Gasteiger partial charge in [-0.25, -0.2) is 0 Å². The highest BCUT2D eigenvalue weighted by Gasteiger charge is 1.89. The Morgan fingerprint density at radius 3 is 2.13 bits per heavy atom. The van der Waals surface area contributed by atoms with Crippen molar-refractivity contribution in [2.75, 3.05) is 0 Å². The van der Waals surface area contributed by atoms with E-state index in [0.29, 0.717) is 6.42 Å². The summed E-state index contributed by atoms with van der Waals surface area (Å²) in [6, 6.07) is 0. The van der Waals surface area contributed by atoms with Gasteiger partial charge in [-0.1, -0.05) is 51.2 Å². The SMILES string of the molecule is CCCCC=CCCCCCCC[C]=O. The first kappa shape index (κ1) is 14.4. The highest BCUT2D eigenvalue weighted by molar-refractivity contribution is 5.50. The van der Waals surface area contributed by atoms with Crippen LogP contribution in [0.4, 0.5) is 0 Å². The molecule has 15 heavy (non-hydrogen) atoms. The van der Waals surface area contributed by atoms with Gasteiger partial charge in [0, 0.05) is 6.42 Å². The highest BCUT2D eigenvalue weighted by Crippen LogP contribution is 2.07. The van der Waals surface area contributed by atoms with Crippen molar-refractivity contribution in [1.82, 2.24) is 0 Å². The second-order valence-corrected chi connectivity index (χ2v) is 4.06. The van der Waals surface area contributed by atoms with Crippen LogP contribution in [-0.4, -0.2) is 6.29 Å². The molecule has 1 nitrogen and oxygen atoms in total. The third kappa shape index (κ3) is 13.4. The van der Waals surface area contributed by atoms with Crippen molar-refractivity contribution in [1.29, 1.82) is 0 Å². The van der Waals surface area contributed by atoms with E-state index in [1.807, 2.05) is 6.29 Å². The summed E-state index contributed by atoms with van der Waals surface area (Å²) in [6.45, 7) is 2.23. The van der Waals surface area contributed by atoms with Crippen LogP contribution in [0.1, 0.15) is 71.1 Å². The Labute approximate surface area is 95.0 Å². The fraction of sp³-hybridized carbons (Fsp3) is 0.786. The molecule has 0 rings (SSSR count). The number of unbranched alkanes of at least 4 members (excludes halogenated alkanes) is 8. The summed E-state index contributed by atoms with van der Waals surface area (Å²) < 4.78 is 0. The minimum atomic E-state index is 0.622. The normalized spacial score (nSPS) is 11.0. The molecule has 0 bridgehead atoms. The van der Waals surface area contributed by atoms with Gasteiger partial charge in [-0.2, -0.15) is 0 Å². The van der Waals surface area contributed by atoms with E-state index in [9.17, 15) is 4.79 Å². The van der Waals surface area contributed by atoms with Crippen molar-refractivity contribution in [3.63, 3.8) is 0 Å². The molecule has 0 aromatic rings. The first-order chi connectivity index (χ1) is 7.41. The maximum Gasteiger partial charge on any atom is 0.198 e. The lowest BCUT2D eigenvalue weighted by Gasteiger charge is -1.97. The minimum absolute atomic E-state index is 0.622. The van der Waals surface area contributed by atoms with Crippen LogP contribution >= 0.6 is 0 Å². The van der Waals surface area contributed by atoms with Crippen molar-refractivity contribution in [2.45, 2.75) is 71.1 Å². The molecule has 0 aliphatic rings. The van der Waals surface area contributed by atoms with Crippen LogP contribution in [-0.2, 0) is 4.79 Å². The summed E-state index contributed by atoms with van der Waals surface area (Å²) in [5, 5.41) is 0. The van der Waals surface area contributed by atoms with Crippen LogP contribution in [0.3, 0.4) is 0 Å². The molecule has 0 spiro atoms. The van der Waals surface area contributed by atoms with Gasteiger partial charge in [-0.05, 0) is 25.7 Å². The zero-order chi connectivity index (χ0) is 11.2. The van der Waals surface area contributed by atoms with Crippen LogP contribution in [0.5, 0.6) is 0 Å². The van der Waals surface area contributed by atoms with Gasteiger partial charge in [0.2, 0.25) is 0 Å². The van der Waals surface area contributed by atoms with Crippen LogP contribution in [0, 0.1) is 0 Å². The molecule has 0 aromatic heterocycles. The minimum Gasteiger partial charge on any atom is -0.291 e. The number of hydrogen-bond donors (Lipinski definition) is 0. The lowest BCUT2D eigenvalue weighted by atomic mass is 10.1. The summed E-state index contributed by atoms with van der Waals surface area (Å²) in [5.74, 6) is 0. The fourth-order valence-electron chi connectivity index (χ4n) is 1.55. The highest BCUT2D eigenvalue weighted by atomic mass is 16.1. The molecule has 1 heteroatoms. The fourth-order valence-corrected chi connectivity index (χ4v) is 1.55. The van der Waals surface area contributed by atoms with E-state index in [2.05, 4.69) is 19.1 Å². The van der Waals surface area contributed by atoms with Gasteiger partial charge in [-0.3, -0.25) is 4.79 Å². The Balaban J connectivity index is 2.97. The predicted octanol–water partition coefficient (Wildman–Crippen LogP) is 4.57. The van der Waals surface area contributed by atoms with Crippen molar-refractivity contribution in [2.24, 2.45) is 0 Å². The summed E-state index contributed by atoms with van der Waals surface area (Å²) >= 11 is 0. The maximum absolute atomic E-state index is 9.93. The van der Waals surface area contributed by atoms with Gasteiger partial charge in [-0.15, -0.1) is 0 Å². The number of carbonyl (C=O) groups excluding carboxylic acids is 1. The van der Waals surface area contributed by atoms with E-state index < -0.39 is 0 Å². The van der Waals surface area contributed by atoms with Crippen LogP contribution in [0.25, 0.3) is 0 Å². The van der Waals surface area contributed by atoms with Crippen molar-refractivity contribution >= 4 is 6.29 Å². The first-order valence-electron chi connectivity index (χ1n) is 6.41. The van der Waals surface area contributed by atoms with Gasteiger partial charge < -0.3 is 0 Å². The van der Waals surface area contributed by atoms with Gasteiger partial charge in [0.15, 0.2) is 6.29 Å². The van der Waals surface area contributed by atoms with E-state index >= 15 is 0 Å². The molecule has 0 unspecified atom stereocenters. The number of rotatable bonds is 11. The van der Waals surface area contributed by atoms with Crippen LogP contribution in [0.15, 0.2) is 12.2 Å². The van der Waals surface area contributed by atoms with Gasteiger partial charge in [0.25, 0.3) is 0 Å². The van der Waals surface area contributed by atoms with E-state index in [4.69, 9.17) is 0 Å². The summed E-state index contributed by atoms with van der Waals surface area (Å²) in [4.78, 5) is 9.93. The molecule has 0 saturated carbocycles. The third-order valence-electron chi connectivity index (χ3n) is 2.54. The topological polar surface area (TPSA) is 17.1 Å². The Morgan fingerprint density at radius 2 is 1.47 bits per heavy atom. The summed E-state index contributed by atoms with van der Waals surface area (Å²) in [5.41, 5.74) is 0. The Kier molecular flexibility index (Phi) is 12.9. The Bertz CT molecular complexity index is 149. The van der Waals surface area contributed by atoms with E-state index in [1.54, 1.807) is 0 Å². The molecule has 1 radical (unpaired) electrons. The van der Waals surface area contributed by atoms with Crippen LogP contribution in [0.2, 0.25) is 0 Å². The summed E-state index contributed by atoms with van der Waals surface area (Å²) in [7, 11) is 0. The summed E-state index contributed by atoms with van der Waals surface area (Å²) in [6.07, 6.45) is 18.3.